The molecule has 24 heavy (non-hydrogen) atoms. The van der Waals surface area contributed by atoms with Crippen molar-refractivity contribution in [3.8, 4) is 0 Å². The summed E-state index contributed by atoms with van der Waals surface area (Å²) in [5.41, 5.74) is 3.71. The Bertz CT molecular complexity index is 554. The fourth-order valence-corrected chi connectivity index (χ4v) is 3.41. The van der Waals surface area contributed by atoms with Crippen LogP contribution < -0.4 is 10.6 Å². The molecule has 1 aromatic heterocycles. The third-order valence-corrected chi connectivity index (χ3v) is 5.17. The standard InChI is InChI=1S/C18H34N6/c1-13(11-17-14(2)22-24(6)15(17)3)21-18(19-4)20-12-16-7-9-23(5)10-8-16/h13,16H,7-12H2,1-6H3,(H2,19,20,21). The van der Waals surface area contributed by atoms with Gasteiger partial charge in [0.2, 0.25) is 0 Å². The third kappa shape index (κ3) is 4.97. The minimum Gasteiger partial charge on any atom is -0.356 e. The molecule has 1 fully saturated rings. The van der Waals surface area contributed by atoms with Gasteiger partial charge in [0.15, 0.2) is 5.96 Å². The van der Waals surface area contributed by atoms with E-state index in [0.717, 1.165) is 30.5 Å². The van der Waals surface area contributed by atoms with E-state index >= 15 is 0 Å². The van der Waals surface area contributed by atoms with Crippen LogP contribution in [0.1, 0.15) is 36.7 Å². The molecule has 1 aromatic rings. The zero-order valence-corrected chi connectivity index (χ0v) is 16.2. The number of aliphatic imine (C=N–C) groups is 1. The van der Waals surface area contributed by atoms with Crippen molar-refractivity contribution in [1.82, 2.24) is 25.3 Å². The SMILES string of the molecule is CN=C(NCC1CCN(C)CC1)NC(C)Cc1c(C)nn(C)c1C. The summed E-state index contributed by atoms with van der Waals surface area (Å²) in [6, 6.07) is 0.315. The molecule has 0 spiro atoms. The van der Waals surface area contributed by atoms with Gasteiger partial charge in [0, 0.05) is 32.4 Å². The number of piperidine rings is 1. The van der Waals surface area contributed by atoms with Gasteiger partial charge in [0.25, 0.3) is 0 Å². The molecule has 2 heterocycles. The predicted octanol–water partition coefficient (Wildman–Crippen LogP) is 1.47. The van der Waals surface area contributed by atoms with Crippen molar-refractivity contribution >= 4 is 5.96 Å². The number of nitrogens with one attached hydrogen (secondary N) is 2. The second kappa shape index (κ2) is 8.51. The van der Waals surface area contributed by atoms with Crippen LogP contribution in [0.25, 0.3) is 0 Å². The first-order valence-corrected chi connectivity index (χ1v) is 9.05. The van der Waals surface area contributed by atoms with E-state index in [0.29, 0.717) is 6.04 Å². The van der Waals surface area contributed by atoms with E-state index in [2.05, 4.69) is 53.4 Å². The van der Waals surface area contributed by atoms with Gasteiger partial charge in [-0.15, -0.1) is 0 Å². The molecule has 1 saturated heterocycles. The summed E-state index contributed by atoms with van der Waals surface area (Å²) in [5.74, 6) is 1.65. The number of guanidine groups is 1. The Balaban J connectivity index is 1.81. The van der Waals surface area contributed by atoms with Crippen LogP contribution in [-0.2, 0) is 13.5 Å². The van der Waals surface area contributed by atoms with Gasteiger partial charge in [-0.2, -0.15) is 5.10 Å². The molecule has 1 aliphatic heterocycles. The van der Waals surface area contributed by atoms with Crippen LogP contribution in [0.15, 0.2) is 4.99 Å². The molecular formula is C18H34N6. The summed E-state index contributed by atoms with van der Waals surface area (Å²) in [6.07, 6.45) is 3.49. The molecule has 1 aliphatic rings. The van der Waals surface area contributed by atoms with Crippen LogP contribution in [0.2, 0.25) is 0 Å². The Labute approximate surface area is 146 Å². The highest BCUT2D eigenvalue weighted by molar-refractivity contribution is 5.79. The molecule has 0 saturated carbocycles. The highest BCUT2D eigenvalue weighted by Crippen LogP contribution is 2.15. The van der Waals surface area contributed by atoms with Gasteiger partial charge in [-0.25, -0.2) is 0 Å². The van der Waals surface area contributed by atoms with Gasteiger partial charge in [-0.05, 0) is 71.7 Å². The minimum absolute atomic E-state index is 0.315. The third-order valence-electron chi connectivity index (χ3n) is 5.17. The Morgan fingerprint density at radius 1 is 1.29 bits per heavy atom. The molecule has 1 unspecified atom stereocenters. The summed E-state index contributed by atoms with van der Waals surface area (Å²) in [5, 5.41) is 11.5. The zero-order valence-electron chi connectivity index (χ0n) is 16.2. The van der Waals surface area contributed by atoms with Crippen molar-refractivity contribution in [3.05, 3.63) is 17.0 Å². The van der Waals surface area contributed by atoms with E-state index in [1.807, 2.05) is 18.8 Å². The molecule has 0 aliphatic carbocycles. The van der Waals surface area contributed by atoms with E-state index in [4.69, 9.17) is 0 Å². The average Bonchev–Trinajstić information content (AvgIpc) is 2.79. The Morgan fingerprint density at radius 3 is 2.50 bits per heavy atom. The summed E-state index contributed by atoms with van der Waals surface area (Å²) < 4.78 is 1.96. The quantitative estimate of drug-likeness (QED) is 0.632. The second-order valence-electron chi connectivity index (χ2n) is 7.22. The van der Waals surface area contributed by atoms with Gasteiger partial charge >= 0.3 is 0 Å². The predicted molar refractivity (Wildman–Crippen MR) is 101 cm³/mol. The van der Waals surface area contributed by atoms with Crippen molar-refractivity contribution in [1.29, 1.82) is 0 Å². The minimum atomic E-state index is 0.315. The van der Waals surface area contributed by atoms with E-state index in [-0.39, 0.29) is 0 Å². The number of nitrogens with zero attached hydrogens (tertiary/aromatic N) is 4. The van der Waals surface area contributed by atoms with Crippen molar-refractivity contribution in [2.45, 2.75) is 46.1 Å². The molecule has 0 bridgehead atoms. The number of hydrogen-bond donors (Lipinski definition) is 2. The maximum Gasteiger partial charge on any atom is 0.191 e. The average molecular weight is 335 g/mol. The first-order valence-electron chi connectivity index (χ1n) is 9.05. The van der Waals surface area contributed by atoms with Crippen molar-refractivity contribution in [2.75, 3.05) is 33.7 Å². The number of hydrogen-bond acceptors (Lipinski definition) is 3. The fraction of sp³-hybridized carbons (Fsp3) is 0.778. The van der Waals surface area contributed by atoms with E-state index in [9.17, 15) is 0 Å². The van der Waals surface area contributed by atoms with E-state index in [1.165, 1.54) is 37.2 Å². The Kier molecular flexibility index (Phi) is 6.66. The van der Waals surface area contributed by atoms with Crippen LogP contribution >= 0.6 is 0 Å². The molecule has 2 N–H and O–H groups in total. The smallest absolute Gasteiger partial charge is 0.191 e. The van der Waals surface area contributed by atoms with Crippen molar-refractivity contribution in [2.24, 2.45) is 18.0 Å². The summed E-state index contributed by atoms with van der Waals surface area (Å²) in [6.45, 7) is 9.83. The van der Waals surface area contributed by atoms with E-state index < -0.39 is 0 Å². The molecule has 136 valence electrons. The topological polar surface area (TPSA) is 57.5 Å². The maximum absolute atomic E-state index is 4.51. The maximum atomic E-state index is 4.51. The van der Waals surface area contributed by atoms with Crippen molar-refractivity contribution in [3.63, 3.8) is 0 Å². The molecule has 0 aromatic carbocycles. The molecule has 0 radical (unpaired) electrons. The summed E-state index contributed by atoms with van der Waals surface area (Å²) in [4.78, 5) is 6.79. The highest BCUT2D eigenvalue weighted by Gasteiger charge is 2.18. The molecule has 2 rings (SSSR count). The van der Waals surface area contributed by atoms with Gasteiger partial charge in [-0.3, -0.25) is 9.67 Å². The summed E-state index contributed by atoms with van der Waals surface area (Å²) >= 11 is 0. The number of rotatable bonds is 5. The van der Waals surface area contributed by atoms with Crippen molar-refractivity contribution < 1.29 is 0 Å². The largest absolute Gasteiger partial charge is 0.356 e. The fourth-order valence-electron chi connectivity index (χ4n) is 3.41. The van der Waals surface area contributed by atoms with Crippen LogP contribution in [0.5, 0.6) is 0 Å². The lowest BCUT2D eigenvalue weighted by atomic mass is 9.97. The highest BCUT2D eigenvalue weighted by atomic mass is 15.3. The molecule has 6 heteroatoms. The summed E-state index contributed by atoms with van der Waals surface area (Å²) in [7, 11) is 6.05. The number of aryl methyl sites for hydroxylation is 2. The monoisotopic (exact) mass is 334 g/mol. The van der Waals surface area contributed by atoms with Crippen LogP contribution in [0, 0.1) is 19.8 Å². The Hall–Kier alpha value is -1.56. The normalized spacial score (nSPS) is 18.7. The van der Waals surface area contributed by atoms with Gasteiger partial charge in [-0.1, -0.05) is 0 Å². The lowest BCUT2D eigenvalue weighted by Crippen LogP contribution is -2.45. The van der Waals surface area contributed by atoms with E-state index in [1.54, 1.807) is 0 Å². The van der Waals surface area contributed by atoms with Crippen LogP contribution in [-0.4, -0.2) is 60.4 Å². The van der Waals surface area contributed by atoms with Gasteiger partial charge in [0.05, 0.1) is 5.69 Å². The van der Waals surface area contributed by atoms with Gasteiger partial charge in [0.1, 0.15) is 0 Å². The van der Waals surface area contributed by atoms with Crippen LogP contribution in [0.4, 0.5) is 0 Å². The van der Waals surface area contributed by atoms with Gasteiger partial charge < -0.3 is 15.5 Å². The second-order valence-corrected chi connectivity index (χ2v) is 7.22. The molecular weight excluding hydrogens is 300 g/mol. The first kappa shape index (κ1) is 18.8. The first-order chi connectivity index (χ1) is 11.4. The Morgan fingerprint density at radius 2 is 1.96 bits per heavy atom. The zero-order chi connectivity index (χ0) is 17.7. The molecule has 1 atom stereocenters. The van der Waals surface area contributed by atoms with Crippen LogP contribution in [0.3, 0.4) is 0 Å². The lowest BCUT2D eigenvalue weighted by molar-refractivity contribution is 0.220. The lowest BCUT2D eigenvalue weighted by Gasteiger charge is -2.29. The molecule has 6 nitrogen and oxygen atoms in total. The number of likely N-dealkylation sites (tertiary alicyclic amines) is 1. The number of aromatic nitrogens is 2. The molecule has 0 amide bonds.